The Balaban J connectivity index is 1.89. The fourth-order valence-corrected chi connectivity index (χ4v) is 4.77. The number of aromatic nitrogens is 3. The predicted octanol–water partition coefficient (Wildman–Crippen LogP) is 0.883. The van der Waals surface area contributed by atoms with Crippen molar-refractivity contribution in [2.24, 2.45) is 0 Å². The molecule has 25 heavy (non-hydrogen) atoms. The van der Waals surface area contributed by atoms with E-state index in [2.05, 4.69) is 15.2 Å². The van der Waals surface area contributed by atoms with Crippen molar-refractivity contribution in [2.75, 3.05) is 13.1 Å². The van der Waals surface area contributed by atoms with Crippen LogP contribution in [0.2, 0.25) is 0 Å². The Morgan fingerprint density at radius 1 is 1.40 bits per heavy atom. The number of benzene rings is 1. The molecule has 1 aliphatic rings. The highest BCUT2D eigenvalue weighted by atomic mass is 32.2. The molecule has 1 aromatic heterocycles. The average Bonchev–Trinajstić information content (AvgIpc) is 3.01. The number of nitro groups is 1. The molecule has 0 radical (unpaired) electrons. The Labute approximate surface area is 143 Å². The van der Waals surface area contributed by atoms with Gasteiger partial charge in [0.1, 0.15) is 5.82 Å². The van der Waals surface area contributed by atoms with Crippen LogP contribution in [-0.4, -0.2) is 45.9 Å². The number of piperidine rings is 1. The second-order valence-corrected chi connectivity index (χ2v) is 7.88. The van der Waals surface area contributed by atoms with Gasteiger partial charge in [-0.1, -0.05) is 0 Å². The molecule has 1 fully saturated rings. The molecule has 0 bridgehead atoms. The van der Waals surface area contributed by atoms with Crippen LogP contribution in [0.5, 0.6) is 0 Å². The van der Waals surface area contributed by atoms with Crippen LogP contribution in [0.3, 0.4) is 0 Å². The zero-order valence-corrected chi connectivity index (χ0v) is 14.2. The number of nitro benzene ring substituents is 1. The number of hydrogen-bond donors (Lipinski definition) is 2. The molecule has 0 spiro atoms. The maximum Gasteiger partial charge on any atom is 0.340 e. The van der Waals surface area contributed by atoms with Crippen molar-refractivity contribution < 1.29 is 13.3 Å². The lowest BCUT2D eigenvalue weighted by Gasteiger charge is -2.31. The number of aromatic amines is 2. The molecule has 2 heterocycles. The first kappa shape index (κ1) is 17.3. The third-order valence-electron chi connectivity index (χ3n) is 4.28. The zero-order valence-electron chi connectivity index (χ0n) is 13.4. The highest BCUT2D eigenvalue weighted by Gasteiger charge is 2.33. The fraction of sp³-hybridized carbons (Fsp3) is 0.429. The largest absolute Gasteiger partial charge is 0.340 e. The number of nitrogens with one attached hydrogen (secondary N) is 2. The van der Waals surface area contributed by atoms with E-state index in [9.17, 15) is 23.3 Å². The maximum atomic E-state index is 12.9. The van der Waals surface area contributed by atoms with Gasteiger partial charge >= 0.3 is 5.69 Å². The molecule has 134 valence electrons. The summed E-state index contributed by atoms with van der Waals surface area (Å²) in [5, 5.41) is 17.0. The molecule has 1 saturated heterocycles. The zero-order chi connectivity index (χ0) is 18.2. The van der Waals surface area contributed by atoms with Gasteiger partial charge in [0.2, 0.25) is 10.0 Å². The van der Waals surface area contributed by atoms with Gasteiger partial charge in [0.15, 0.2) is 0 Å². The van der Waals surface area contributed by atoms with Crippen molar-refractivity contribution in [3.63, 3.8) is 0 Å². The maximum absolute atomic E-state index is 12.9. The minimum Gasteiger partial charge on any atom is -0.293 e. The Hall–Kier alpha value is -2.53. The number of H-pyrrole nitrogens is 2. The smallest absolute Gasteiger partial charge is 0.293 e. The van der Waals surface area contributed by atoms with Gasteiger partial charge in [-0.25, -0.2) is 18.3 Å². The van der Waals surface area contributed by atoms with Gasteiger partial charge in [-0.2, -0.15) is 9.40 Å². The molecule has 2 N–H and O–H groups in total. The van der Waals surface area contributed by atoms with Gasteiger partial charge in [-0.05, 0) is 31.4 Å². The molecule has 0 saturated carbocycles. The summed E-state index contributed by atoms with van der Waals surface area (Å²) in [7, 11) is -3.79. The molecule has 1 aromatic carbocycles. The third-order valence-corrected chi connectivity index (χ3v) is 6.30. The monoisotopic (exact) mass is 367 g/mol. The lowest BCUT2D eigenvalue weighted by Crippen LogP contribution is -2.39. The summed E-state index contributed by atoms with van der Waals surface area (Å²) in [5.74, 6) is 0.228. The molecule has 10 nitrogen and oxygen atoms in total. The van der Waals surface area contributed by atoms with Crippen LogP contribution >= 0.6 is 0 Å². The van der Waals surface area contributed by atoms with E-state index in [4.69, 9.17) is 0 Å². The number of nitrogens with zero attached hydrogens (tertiary/aromatic N) is 3. The molecule has 0 amide bonds. The summed E-state index contributed by atoms with van der Waals surface area (Å²) in [6.45, 7) is 2.08. The quantitative estimate of drug-likeness (QED) is 0.607. The van der Waals surface area contributed by atoms with Gasteiger partial charge in [0.25, 0.3) is 5.69 Å². The number of rotatable bonds is 4. The summed E-state index contributed by atoms with van der Waals surface area (Å²) >= 11 is 0. The van der Waals surface area contributed by atoms with Crippen molar-refractivity contribution in [1.29, 1.82) is 0 Å². The van der Waals surface area contributed by atoms with Crippen molar-refractivity contribution >= 4 is 15.7 Å². The first-order valence-corrected chi connectivity index (χ1v) is 9.13. The first-order chi connectivity index (χ1) is 11.8. The molecule has 1 aliphatic heterocycles. The van der Waals surface area contributed by atoms with Crippen LogP contribution in [-0.2, 0) is 10.0 Å². The van der Waals surface area contributed by atoms with E-state index in [1.807, 2.05) is 0 Å². The Morgan fingerprint density at radius 2 is 2.16 bits per heavy atom. The Morgan fingerprint density at radius 3 is 2.76 bits per heavy atom. The summed E-state index contributed by atoms with van der Waals surface area (Å²) in [5.41, 5.74) is -0.257. The summed E-state index contributed by atoms with van der Waals surface area (Å²) in [4.78, 5) is 24.1. The molecular weight excluding hydrogens is 350 g/mol. The van der Waals surface area contributed by atoms with Crippen LogP contribution in [0.4, 0.5) is 5.69 Å². The molecule has 1 unspecified atom stereocenters. The number of non-ortho nitro benzene ring substituents is 1. The summed E-state index contributed by atoms with van der Waals surface area (Å²) in [6, 6.07) is 3.70. The highest BCUT2D eigenvalue weighted by Crippen LogP contribution is 2.30. The molecule has 0 aliphatic carbocycles. The molecule has 3 rings (SSSR count). The second kappa shape index (κ2) is 6.41. The third kappa shape index (κ3) is 3.33. The van der Waals surface area contributed by atoms with E-state index in [1.54, 1.807) is 0 Å². The van der Waals surface area contributed by atoms with Crippen LogP contribution in [0.1, 0.15) is 30.1 Å². The molecular formula is C14H17N5O5S. The van der Waals surface area contributed by atoms with Crippen LogP contribution in [0.25, 0.3) is 0 Å². The first-order valence-electron chi connectivity index (χ1n) is 7.69. The van der Waals surface area contributed by atoms with E-state index in [0.29, 0.717) is 30.8 Å². The fourth-order valence-electron chi connectivity index (χ4n) is 3.04. The molecule has 2 aromatic rings. The van der Waals surface area contributed by atoms with Gasteiger partial charge in [0, 0.05) is 31.1 Å². The SMILES string of the molecule is Cc1cc([N+](=O)[O-])ccc1S(=O)(=O)N1CCCC(c2n[nH]c(=O)[nH]2)C1. The lowest BCUT2D eigenvalue weighted by atomic mass is 9.99. The number of hydrogen-bond acceptors (Lipinski definition) is 6. The van der Waals surface area contributed by atoms with Gasteiger partial charge in [-0.3, -0.25) is 15.1 Å². The average molecular weight is 367 g/mol. The standard InChI is InChI=1S/C14H17N5O5S/c1-9-7-11(19(21)22)4-5-12(9)25(23,24)18-6-2-3-10(8-18)13-15-14(20)17-16-13/h4-5,7,10H,2-3,6,8H2,1H3,(H2,15,16,17,20). The van der Waals surface area contributed by atoms with Crippen molar-refractivity contribution in [2.45, 2.75) is 30.6 Å². The van der Waals surface area contributed by atoms with Gasteiger partial charge in [0.05, 0.1) is 9.82 Å². The Kier molecular flexibility index (Phi) is 4.43. The topological polar surface area (TPSA) is 142 Å². The van der Waals surface area contributed by atoms with Crippen LogP contribution in [0, 0.1) is 17.0 Å². The van der Waals surface area contributed by atoms with E-state index >= 15 is 0 Å². The number of sulfonamides is 1. The van der Waals surface area contributed by atoms with Crippen LogP contribution in [0.15, 0.2) is 27.9 Å². The minimum atomic E-state index is -3.79. The normalized spacial score (nSPS) is 19.0. The van der Waals surface area contributed by atoms with E-state index in [1.165, 1.54) is 29.4 Å². The summed E-state index contributed by atoms with van der Waals surface area (Å²) < 4.78 is 27.2. The highest BCUT2D eigenvalue weighted by molar-refractivity contribution is 7.89. The van der Waals surface area contributed by atoms with E-state index in [0.717, 1.165) is 0 Å². The second-order valence-electron chi connectivity index (χ2n) is 5.97. The van der Waals surface area contributed by atoms with Gasteiger partial charge in [-0.15, -0.1) is 0 Å². The predicted molar refractivity (Wildman–Crippen MR) is 87.8 cm³/mol. The van der Waals surface area contributed by atoms with Crippen LogP contribution < -0.4 is 5.69 Å². The number of aryl methyl sites for hydroxylation is 1. The summed E-state index contributed by atoms with van der Waals surface area (Å²) in [6.07, 6.45) is 1.34. The lowest BCUT2D eigenvalue weighted by molar-refractivity contribution is -0.385. The van der Waals surface area contributed by atoms with Gasteiger partial charge < -0.3 is 0 Å². The van der Waals surface area contributed by atoms with Crippen molar-refractivity contribution in [3.05, 3.63) is 50.2 Å². The molecule has 1 atom stereocenters. The van der Waals surface area contributed by atoms with E-state index < -0.39 is 20.6 Å². The van der Waals surface area contributed by atoms with E-state index in [-0.39, 0.29) is 23.0 Å². The minimum absolute atomic E-state index is 0.0503. The van der Waals surface area contributed by atoms with Crippen molar-refractivity contribution in [3.8, 4) is 0 Å². The Bertz CT molecular complexity index is 964. The van der Waals surface area contributed by atoms with Crippen molar-refractivity contribution in [1.82, 2.24) is 19.5 Å². The molecule has 11 heteroatoms.